The molecule has 0 aromatic heterocycles. The molecule has 0 aliphatic rings. The molecule has 3 aromatic rings. The highest BCUT2D eigenvalue weighted by Crippen LogP contribution is 2.22. The predicted molar refractivity (Wildman–Crippen MR) is 116 cm³/mol. The molecule has 0 heterocycles. The summed E-state index contributed by atoms with van der Waals surface area (Å²) in [7, 11) is 1.49. The largest absolute Gasteiger partial charge is 0.496 e. The Balaban J connectivity index is 1.68. The number of amidine groups is 1. The fraction of sp³-hybridized carbons (Fsp3) is 0.0909. The van der Waals surface area contributed by atoms with Gasteiger partial charge >= 0.3 is 5.97 Å². The summed E-state index contributed by atoms with van der Waals surface area (Å²) in [5.74, 6) is 0.381. The van der Waals surface area contributed by atoms with Gasteiger partial charge in [0.25, 0.3) is 0 Å². The predicted octanol–water partition coefficient (Wildman–Crippen LogP) is 5.06. The van der Waals surface area contributed by atoms with Crippen LogP contribution in [0.15, 0.2) is 71.9 Å². The summed E-state index contributed by atoms with van der Waals surface area (Å²) in [6, 6.07) is 18.7. The van der Waals surface area contributed by atoms with E-state index in [0.717, 1.165) is 5.56 Å². The van der Waals surface area contributed by atoms with E-state index in [9.17, 15) is 4.79 Å². The van der Waals surface area contributed by atoms with Crippen molar-refractivity contribution in [3.63, 3.8) is 0 Å². The number of benzene rings is 3. The molecule has 30 heavy (non-hydrogen) atoms. The summed E-state index contributed by atoms with van der Waals surface area (Å²) in [6.07, 6.45) is 0. The van der Waals surface area contributed by atoms with Gasteiger partial charge in [-0.25, -0.2) is 4.79 Å². The molecule has 0 saturated heterocycles. The molecule has 0 saturated carbocycles. The van der Waals surface area contributed by atoms with Gasteiger partial charge in [-0.15, -0.1) is 0 Å². The third kappa shape index (κ3) is 5.65. The topological polar surface area (TPSA) is 83.1 Å². The molecular formula is C22H18Cl2N2O4. The molecule has 0 aliphatic carbocycles. The zero-order valence-electron chi connectivity index (χ0n) is 16.0. The molecule has 0 radical (unpaired) electrons. The molecule has 2 N–H and O–H groups in total. The molecule has 3 aromatic carbocycles. The Kier molecular flexibility index (Phi) is 7.17. The van der Waals surface area contributed by atoms with Crippen molar-refractivity contribution < 1.29 is 19.1 Å². The first-order valence-electron chi connectivity index (χ1n) is 8.82. The third-order valence-corrected chi connectivity index (χ3v) is 4.50. The van der Waals surface area contributed by atoms with Crippen LogP contribution in [0.4, 0.5) is 0 Å². The van der Waals surface area contributed by atoms with Crippen LogP contribution in [0.2, 0.25) is 10.0 Å². The van der Waals surface area contributed by atoms with Gasteiger partial charge in [0.05, 0.1) is 18.2 Å². The first-order chi connectivity index (χ1) is 14.5. The van der Waals surface area contributed by atoms with Crippen LogP contribution in [-0.4, -0.2) is 18.9 Å². The Hall–Kier alpha value is -3.22. The number of nitrogens with zero attached hydrogens (tertiary/aromatic N) is 1. The number of ether oxygens (including phenoxy) is 2. The Bertz CT molecular complexity index is 1090. The zero-order chi connectivity index (χ0) is 21.5. The highest BCUT2D eigenvalue weighted by molar-refractivity contribution is 6.31. The lowest BCUT2D eigenvalue weighted by molar-refractivity contribution is 0.0515. The molecule has 0 aliphatic heterocycles. The first-order valence-corrected chi connectivity index (χ1v) is 9.58. The van der Waals surface area contributed by atoms with Crippen molar-refractivity contribution in [2.24, 2.45) is 10.9 Å². The van der Waals surface area contributed by atoms with E-state index in [1.807, 2.05) is 6.07 Å². The lowest BCUT2D eigenvalue weighted by Gasteiger charge is -2.09. The standard InChI is InChI=1S/C22H18Cl2N2O4/c1-28-20-9-8-17(24)12-19(20)21(25)26-30-22(27)15-5-2-4-14(10-15)13-29-18-7-3-6-16(23)11-18/h2-12H,13H2,1H3,(H2,25,26). The van der Waals surface area contributed by atoms with Gasteiger partial charge in [-0.1, -0.05) is 46.6 Å². The van der Waals surface area contributed by atoms with Crippen LogP contribution in [0.3, 0.4) is 0 Å². The molecular weight excluding hydrogens is 427 g/mol. The van der Waals surface area contributed by atoms with E-state index >= 15 is 0 Å². The molecule has 0 atom stereocenters. The van der Waals surface area contributed by atoms with Crippen LogP contribution < -0.4 is 15.2 Å². The maximum absolute atomic E-state index is 12.4. The molecule has 8 heteroatoms. The fourth-order valence-corrected chi connectivity index (χ4v) is 2.94. The van der Waals surface area contributed by atoms with E-state index in [1.165, 1.54) is 7.11 Å². The minimum atomic E-state index is -0.663. The van der Waals surface area contributed by atoms with E-state index in [0.29, 0.717) is 32.7 Å². The first kappa shape index (κ1) is 21.5. The number of rotatable bonds is 7. The highest BCUT2D eigenvalue weighted by Gasteiger charge is 2.12. The van der Waals surface area contributed by atoms with Gasteiger partial charge in [0, 0.05) is 10.0 Å². The second-order valence-corrected chi connectivity index (χ2v) is 7.02. The van der Waals surface area contributed by atoms with Crippen LogP contribution in [-0.2, 0) is 11.4 Å². The second kappa shape index (κ2) is 10.0. The molecule has 0 amide bonds. The number of hydrogen-bond donors (Lipinski definition) is 1. The number of oxime groups is 1. The number of methoxy groups -OCH3 is 1. The van der Waals surface area contributed by atoms with Gasteiger partial charge < -0.3 is 20.0 Å². The molecule has 0 unspecified atom stereocenters. The van der Waals surface area contributed by atoms with Crippen LogP contribution in [0.25, 0.3) is 0 Å². The number of nitrogens with two attached hydrogens (primary N) is 1. The van der Waals surface area contributed by atoms with Gasteiger partial charge in [-0.3, -0.25) is 0 Å². The maximum atomic E-state index is 12.4. The molecule has 154 valence electrons. The van der Waals surface area contributed by atoms with Gasteiger partial charge in [-0.2, -0.15) is 0 Å². The Labute approximate surface area is 183 Å². The number of halogens is 2. The summed E-state index contributed by atoms with van der Waals surface area (Å²) in [4.78, 5) is 17.4. The lowest BCUT2D eigenvalue weighted by atomic mass is 10.1. The van der Waals surface area contributed by atoms with Crippen LogP contribution in [0.5, 0.6) is 11.5 Å². The van der Waals surface area contributed by atoms with E-state index < -0.39 is 5.97 Å². The maximum Gasteiger partial charge on any atom is 0.365 e. The van der Waals surface area contributed by atoms with Crippen molar-refractivity contribution in [2.45, 2.75) is 6.61 Å². The number of carbonyl (C=O) groups is 1. The van der Waals surface area contributed by atoms with Crippen LogP contribution in [0.1, 0.15) is 21.5 Å². The quantitative estimate of drug-likeness (QED) is 0.238. The Morgan fingerprint density at radius 2 is 1.77 bits per heavy atom. The fourth-order valence-electron chi connectivity index (χ4n) is 2.58. The molecule has 0 bridgehead atoms. The number of carbonyl (C=O) groups excluding carboxylic acids is 1. The third-order valence-electron chi connectivity index (χ3n) is 4.03. The minimum Gasteiger partial charge on any atom is -0.496 e. The Morgan fingerprint density at radius 3 is 2.53 bits per heavy atom. The summed E-state index contributed by atoms with van der Waals surface area (Å²) in [6.45, 7) is 0.257. The van der Waals surface area contributed by atoms with Crippen LogP contribution in [0, 0.1) is 0 Å². The summed E-state index contributed by atoms with van der Waals surface area (Å²) in [5.41, 5.74) is 7.42. The van der Waals surface area contributed by atoms with Crippen molar-refractivity contribution >= 4 is 35.0 Å². The average Bonchev–Trinajstić information content (AvgIpc) is 2.76. The van der Waals surface area contributed by atoms with Crippen molar-refractivity contribution in [1.29, 1.82) is 0 Å². The smallest absolute Gasteiger partial charge is 0.365 e. The van der Waals surface area contributed by atoms with Gasteiger partial charge in [0.2, 0.25) is 0 Å². The molecule has 3 rings (SSSR count). The van der Waals surface area contributed by atoms with Gasteiger partial charge in [0.1, 0.15) is 18.1 Å². The van der Waals surface area contributed by atoms with Crippen molar-refractivity contribution in [2.75, 3.05) is 7.11 Å². The zero-order valence-corrected chi connectivity index (χ0v) is 17.5. The van der Waals surface area contributed by atoms with Gasteiger partial charge in [0.15, 0.2) is 5.84 Å². The average molecular weight is 445 g/mol. The van der Waals surface area contributed by atoms with E-state index in [4.69, 9.17) is 43.2 Å². The molecule has 6 nitrogen and oxygen atoms in total. The molecule has 0 fully saturated rings. The monoisotopic (exact) mass is 444 g/mol. The Morgan fingerprint density at radius 1 is 1.00 bits per heavy atom. The summed E-state index contributed by atoms with van der Waals surface area (Å²) < 4.78 is 10.9. The van der Waals surface area contributed by atoms with Crippen LogP contribution >= 0.6 is 23.2 Å². The SMILES string of the molecule is COc1ccc(Cl)cc1/C(N)=N/OC(=O)c1cccc(COc2cccc(Cl)c2)c1. The van der Waals surface area contributed by atoms with E-state index in [2.05, 4.69) is 5.16 Å². The molecule has 0 spiro atoms. The highest BCUT2D eigenvalue weighted by atomic mass is 35.5. The lowest BCUT2D eigenvalue weighted by Crippen LogP contribution is -2.16. The summed E-state index contributed by atoms with van der Waals surface area (Å²) >= 11 is 11.9. The van der Waals surface area contributed by atoms with Crippen molar-refractivity contribution in [1.82, 2.24) is 0 Å². The van der Waals surface area contributed by atoms with E-state index in [1.54, 1.807) is 60.7 Å². The second-order valence-electron chi connectivity index (χ2n) is 6.15. The van der Waals surface area contributed by atoms with Crippen molar-refractivity contribution in [3.8, 4) is 11.5 Å². The van der Waals surface area contributed by atoms with Crippen molar-refractivity contribution in [3.05, 3.63) is 93.5 Å². The normalized spacial score (nSPS) is 11.1. The summed E-state index contributed by atoms with van der Waals surface area (Å²) in [5, 5.41) is 4.74. The van der Waals surface area contributed by atoms with Gasteiger partial charge in [-0.05, 0) is 54.1 Å². The number of hydrogen-bond acceptors (Lipinski definition) is 5. The minimum absolute atomic E-state index is 0.0388. The van der Waals surface area contributed by atoms with E-state index in [-0.39, 0.29) is 12.4 Å².